The van der Waals surface area contributed by atoms with Crippen molar-refractivity contribution in [1.82, 2.24) is 0 Å². The summed E-state index contributed by atoms with van der Waals surface area (Å²) in [5, 5.41) is 20.1. The number of hydrogen-bond donors (Lipinski definition) is 0. The van der Waals surface area contributed by atoms with E-state index in [0.29, 0.717) is 0 Å². The molecule has 0 N–H and O–H groups in total. The van der Waals surface area contributed by atoms with Gasteiger partial charge in [0, 0.05) is 0 Å². The van der Waals surface area contributed by atoms with Crippen LogP contribution in [-0.2, 0) is 0 Å². The van der Waals surface area contributed by atoms with Crippen LogP contribution in [0.25, 0.3) is 197 Å². The molecular weight excluding hydrogens is 1250 g/mol. The second-order valence-corrected chi connectivity index (χ2v) is 27.4. The monoisotopic (exact) mass is 1320 g/mol. The Morgan fingerprint density at radius 2 is 0.317 bits per heavy atom. The van der Waals surface area contributed by atoms with E-state index in [-0.39, 0.29) is 0 Å². The molecule has 20 aromatic carbocycles. The number of benzene rings is 20. The van der Waals surface area contributed by atoms with E-state index < -0.39 is 0 Å². The first-order valence-electron chi connectivity index (χ1n) is 36.0. The van der Waals surface area contributed by atoms with Gasteiger partial charge in [0.1, 0.15) is 0 Å². The van der Waals surface area contributed by atoms with E-state index in [0.717, 1.165) is 0 Å². The number of hydrogen-bond acceptors (Lipinski definition) is 0. The van der Waals surface area contributed by atoms with Gasteiger partial charge >= 0.3 is 0 Å². The highest BCUT2D eigenvalue weighted by molar-refractivity contribution is 6.23. The Hall–Kier alpha value is -13.5. The Kier molecular flexibility index (Phi) is 15.7. The van der Waals surface area contributed by atoms with Crippen LogP contribution < -0.4 is 0 Å². The zero-order valence-corrected chi connectivity index (χ0v) is 57.3. The van der Waals surface area contributed by atoms with Crippen LogP contribution in [0.3, 0.4) is 0 Å². The summed E-state index contributed by atoms with van der Waals surface area (Å²) in [4.78, 5) is 0. The van der Waals surface area contributed by atoms with Gasteiger partial charge in [-0.05, 0) is 252 Å². The van der Waals surface area contributed by atoms with Crippen molar-refractivity contribution in [3.05, 3.63) is 413 Å². The fourth-order valence-electron chi connectivity index (χ4n) is 16.2. The molecule has 0 fully saturated rings. The maximum absolute atomic E-state index is 2.39. The van der Waals surface area contributed by atoms with Gasteiger partial charge in [-0.25, -0.2) is 0 Å². The molecule has 0 bridgehead atoms. The molecule has 0 aliphatic rings. The van der Waals surface area contributed by atoms with E-state index >= 15 is 0 Å². The molecule has 20 rings (SSSR count). The van der Waals surface area contributed by atoms with Gasteiger partial charge in [-0.3, -0.25) is 0 Å². The smallest absolute Gasteiger partial charge is 0.00262 e. The molecule has 484 valence electrons. The van der Waals surface area contributed by atoms with E-state index in [1.807, 2.05) is 0 Å². The minimum Gasteiger partial charge on any atom is -0.0622 e. The van der Waals surface area contributed by atoms with Crippen molar-refractivity contribution in [1.29, 1.82) is 0 Å². The SMILES string of the molecule is c1ccc(-c2cccc(-c3c4ccccc4c(-c4ccc5ccc(-c6cccc(-c7ccc8ccccc8c7)c6)cc5c4)c4ccccc34)c2)cc1.c1ccc(-c2cccc(-c3c4ccccc4c(-c4ccc5ccc(-c6cccc(-c7cccc8ccccc78)c6)cc5c4)c4ccccc34)c2)cc1. The second-order valence-electron chi connectivity index (χ2n) is 27.4. The zero-order valence-electron chi connectivity index (χ0n) is 57.3. The lowest BCUT2D eigenvalue weighted by Gasteiger charge is -2.18. The molecule has 104 heavy (non-hydrogen) atoms. The van der Waals surface area contributed by atoms with Crippen molar-refractivity contribution >= 4 is 86.2 Å². The molecule has 0 aromatic heterocycles. The van der Waals surface area contributed by atoms with Gasteiger partial charge < -0.3 is 0 Å². The lowest BCUT2D eigenvalue weighted by atomic mass is 9.85. The predicted molar refractivity (Wildman–Crippen MR) is 447 cm³/mol. The Balaban J connectivity index is 0.000000143. The quantitative estimate of drug-likeness (QED) is 0.120. The molecule has 0 aliphatic carbocycles. The van der Waals surface area contributed by atoms with Crippen LogP contribution in [0.5, 0.6) is 0 Å². The molecule has 0 saturated heterocycles. The maximum Gasteiger partial charge on any atom is -0.00262 e. The van der Waals surface area contributed by atoms with Gasteiger partial charge in [-0.1, -0.05) is 358 Å². The van der Waals surface area contributed by atoms with Gasteiger partial charge in [0.05, 0.1) is 0 Å². The molecule has 0 heteroatoms. The minimum absolute atomic E-state index is 1.22. The normalized spacial score (nSPS) is 11.5. The molecule has 0 amide bonds. The molecule has 0 radical (unpaired) electrons. The summed E-state index contributed by atoms with van der Waals surface area (Å²) < 4.78 is 0. The third kappa shape index (κ3) is 11.4. The summed E-state index contributed by atoms with van der Waals surface area (Å²) in [6.07, 6.45) is 0. The Labute approximate surface area is 606 Å². The highest BCUT2D eigenvalue weighted by Gasteiger charge is 2.21. The molecule has 20 aromatic rings. The zero-order chi connectivity index (χ0) is 68.9. The molecule has 0 saturated carbocycles. The third-order valence-corrected chi connectivity index (χ3v) is 21.2. The van der Waals surface area contributed by atoms with Crippen molar-refractivity contribution in [2.24, 2.45) is 0 Å². The average molecular weight is 1320 g/mol. The van der Waals surface area contributed by atoms with E-state index in [9.17, 15) is 0 Å². The lowest BCUT2D eigenvalue weighted by Crippen LogP contribution is -1.91. The van der Waals surface area contributed by atoms with Gasteiger partial charge in [0.15, 0.2) is 0 Å². The molecule has 0 nitrogen and oxygen atoms in total. The van der Waals surface area contributed by atoms with Gasteiger partial charge in [0.2, 0.25) is 0 Å². The highest BCUT2D eigenvalue weighted by Crippen LogP contribution is 2.48. The van der Waals surface area contributed by atoms with Crippen LogP contribution in [0.1, 0.15) is 0 Å². The number of fused-ring (bicyclic) bond motifs is 8. The highest BCUT2D eigenvalue weighted by atomic mass is 14.2. The minimum atomic E-state index is 1.22. The molecule has 0 atom stereocenters. The fraction of sp³-hybridized carbons (Fsp3) is 0. The first-order chi connectivity index (χ1) is 51.5. The summed E-state index contributed by atoms with van der Waals surface area (Å²) >= 11 is 0. The van der Waals surface area contributed by atoms with Crippen LogP contribution >= 0.6 is 0 Å². The van der Waals surface area contributed by atoms with E-state index in [1.54, 1.807) is 0 Å². The average Bonchev–Trinajstić information content (AvgIpc) is 0.737. The van der Waals surface area contributed by atoms with Gasteiger partial charge in [-0.15, -0.1) is 0 Å². The summed E-state index contributed by atoms with van der Waals surface area (Å²) in [5.41, 5.74) is 24.8. The van der Waals surface area contributed by atoms with Crippen LogP contribution in [0.15, 0.2) is 413 Å². The first-order valence-corrected chi connectivity index (χ1v) is 36.0. The standard InChI is InChI=1S/2C52H34/c1-2-13-35(14-3-1)38-17-11-20-42(32-38)51-47-22-6-8-24-49(47)52(50-25-9-7-23-48(50)51)43-30-28-36-27-29-40(33-44(36)34-43)39-18-10-19-41(31-39)46-26-12-16-37-15-4-5-21-45(37)46;1-2-12-35(13-3-1)39-16-11-19-44(32-39)51-47-20-6-8-22-49(47)52(50-23-9-7-21-48(50)51)45-29-26-37-25-28-43(33-46(37)34-45)41-18-10-17-40(31-41)42-27-24-36-14-4-5-15-38(36)30-42/h2*1-34H. The lowest BCUT2D eigenvalue weighted by molar-refractivity contribution is 1.61. The molecular formula is C104H68. The fourth-order valence-corrected chi connectivity index (χ4v) is 16.2. The van der Waals surface area contributed by atoms with E-state index in [1.165, 1.54) is 197 Å². The predicted octanol–water partition coefficient (Wildman–Crippen LogP) is 29.3. The van der Waals surface area contributed by atoms with Crippen LogP contribution in [0, 0.1) is 0 Å². The van der Waals surface area contributed by atoms with Crippen LogP contribution in [0.4, 0.5) is 0 Å². The summed E-state index contributed by atoms with van der Waals surface area (Å²) in [5.74, 6) is 0. The molecule has 0 heterocycles. The van der Waals surface area contributed by atoms with E-state index in [2.05, 4.69) is 413 Å². The summed E-state index contributed by atoms with van der Waals surface area (Å²) in [7, 11) is 0. The topological polar surface area (TPSA) is 0 Å². The largest absolute Gasteiger partial charge is 0.0622 e. The van der Waals surface area contributed by atoms with Crippen molar-refractivity contribution in [2.45, 2.75) is 0 Å². The third-order valence-electron chi connectivity index (χ3n) is 21.2. The summed E-state index contributed by atoms with van der Waals surface area (Å²) in [6, 6.07) is 151. The summed E-state index contributed by atoms with van der Waals surface area (Å²) in [6.45, 7) is 0. The molecule has 0 aliphatic heterocycles. The molecule has 0 spiro atoms. The van der Waals surface area contributed by atoms with E-state index in [4.69, 9.17) is 0 Å². The van der Waals surface area contributed by atoms with Crippen LogP contribution in [0.2, 0.25) is 0 Å². The first kappa shape index (κ1) is 61.6. The second kappa shape index (κ2) is 26.5. The van der Waals surface area contributed by atoms with Crippen LogP contribution in [-0.4, -0.2) is 0 Å². The van der Waals surface area contributed by atoms with Gasteiger partial charge in [0.25, 0.3) is 0 Å². The Morgan fingerprint density at radius 3 is 0.721 bits per heavy atom. The number of rotatable bonds is 10. The Bertz CT molecular complexity index is 6590. The van der Waals surface area contributed by atoms with Crippen molar-refractivity contribution < 1.29 is 0 Å². The van der Waals surface area contributed by atoms with Crippen molar-refractivity contribution in [3.8, 4) is 111 Å². The maximum atomic E-state index is 2.39. The molecule has 0 unspecified atom stereocenters. The Morgan fingerprint density at radius 1 is 0.0962 bits per heavy atom. The van der Waals surface area contributed by atoms with Crippen molar-refractivity contribution in [3.63, 3.8) is 0 Å². The van der Waals surface area contributed by atoms with Gasteiger partial charge in [-0.2, -0.15) is 0 Å². The van der Waals surface area contributed by atoms with Crippen molar-refractivity contribution in [2.75, 3.05) is 0 Å².